The van der Waals surface area contributed by atoms with Gasteiger partial charge in [0.05, 0.1) is 0 Å². The van der Waals surface area contributed by atoms with Crippen LogP contribution in [-0.2, 0) is 0 Å². The average Bonchev–Trinajstić information content (AvgIpc) is 3.38. The molecule has 0 atom stereocenters. The lowest BCUT2D eigenvalue weighted by molar-refractivity contribution is 0.488. The topological polar surface area (TPSA) is 54.4 Å². The van der Waals surface area contributed by atoms with Crippen molar-refractivity contribution in [1.29, 1.82) is 0 Å². The van der Waals surface area contributed by atoms with E-state index in [1.54, 1.807) is 0 Å². The molecule has 0 fully saturated rings. The molecule has 302 valence electrons. The van der Waals surface area contributed by atoms with Crippen LogP contribution in [0.1, 0.15) is 0 Å². The molecule has 3 aliphatic heterocycles. The molecule has 0 unspecified atom stereocenters. The van der Waals surface area contributed by atoms with Crippen LogP contribution in [0.3, 0.4) is 0 Å². The highest BCUT2D eigenvalue weighted by atomic mass is 16.5. The van der Waals surface area contributed by atoms with Crippen LogP contribution in [0.2, 0.25) is 0 Å². The second kappa shape index (κ2) is 15.1. The van der Waals surface area contributed by atoms with Crippen LogP contribution in [0, 0.1) is 0 Å². The maximum atomic E-state index is 7.10. The van der Waals surface area contributed by atoms with Gasteiger partial charge in [0, 0.05) is 56.9 Å². The monoisotopic (exact) mass is 829 g/mol. The Hall–Kier alpha value is -8.48. The van der Waals surface area contributed by atoms with Gasteiger partial charge in [0.1, 0.15) is 11.5 Å². The van der Waals surface area contributed by atoms with Crippen LogP contribution in [0.4, 0.5) is 34.1 Å². The van der Waals surface area contributed by atoms with Crippen molar-refractivity contribution in [1.82, 2.24) is 15.0 Å². The molecule has 0 amide bonds. The van der Waals surface area contributed by atoms with Crippen LogP contribution in [0.15, 0.2) is 224 Å². The molecule has 0 saturated carbocycles. The number of rotatable bonds is 6. The number of fused-ring (bicyclic) bond motifs is 7. The minimum Gasteiger partial charge on any atom is -0.458 e. The summed E-state index contributed by atoms with van der Waals surface area (Å²) in [5.41, 5.74) is 16.7. The van der Waals surface area contributed by atoms with Gasteiger partial charge in [0.2, 0.25) is 6.71 Å². The fraction of sp³-hybridized carbons (Fsp3) is 0. The first-order valence-corrected chi connectivity index (χ1v) is 22.1. The van der Waals surface area contributed by atoms with Crippen LogP contribution >= 0.6 is 0 Å². The van der Waals surface area contributed by atoms with Gasteiger partial charge in [-0.05, 0) is 81.9 Å². The normalized spacial score (nSPS) is 12.9. The van der Waals surface area contributed by atoms with E-state index in [9.17, 15) is 0 Å². The molecule has 0 aliphatic carbocycles. The lowest BCUT2D eigenvalue weighted by Crippen LogP contribution is -2.65. The summed E-state index contributed by atoms with van der Waals surface area (Å²) in [6.45, 7) is -0.125. The highest BCUT2D eigenvalue weighted by Gasteiger charge is 2.47. The smallest absolute Gasteiger partial charge is 0.256 e. The third-order valence-electron chi connectivity index (χ3n) is 13.0. The van der Waals surface area contributed by atoms with E-state index in [0.717, 1.165) is 62.3 Å². The van der Waals surface area contributed by atoms with Gasteiger partial charge in [-0.1, -0.05) is 169 Å². The molecule has 8 heteroatoms. The quantitative estimate of drug-likeness (QED) is 0.156. The van der Waals surface area contributed by atoms with E-state index in [1.807, 2.05) is 60.7 Å². The molecule has 65 heavy (non-hydrogen) atoms. The molecule has 4 heterocycles. The first kappa shape index (κ1) is 37.1. The van der Waals surface area contributed by atoms with Crippen molar-refractivity contribution in [2.24, 2.45) is 0 Å². The van der Waals surface area contributed by atoms with Crippen LogP contribution in [0.25, 0.3) is 34.2 Å². The van der Waals surface area contributed by atoms with Crippen molar-refractivity contribution in [2.45, 2.75) is 0 Å². The van der Waals surface area contributed by atoms with Gasteiger partial charge in [-0.25, -0.2) is 15.0 Å². The van der Waals surface area contributed by atoms with Gasteiger partial charge in [0.25, 0.3) is 6.71 Å². The number of para-hydroxylation sites is 4. The molecule has 9 aromatic carbocycles. The fourth-order valence-corrected chi connectivity index (χ4v) is 10.2. The summed E-state index contributed by atoms with van der Waals surface area (Å²) in [6.07, 6.45) is 0. The predicted molar refractivity (Wildman–Crippen MR) is 268 cm³/mol. The first-order valence-electron chi connectivity index (χ1n) is 22.1. The largest absolute Gasteiger partial charge is 0.458 e. The standard InChI is InChI=1S/C57H37B2N5O/c1-5-19-38(20-6-1)55-60-56(39-21-7-2-8-22-39)62-57(61-55)40-33-35-43(36-34-40)63-47-30-16-13-27-44(47)58(41-23-9-3-10-24-41)52-49(63)37-51-53-54(52)64(42-25-11-4-12-26-42)48-31-17-14-28-45(48)59(53)46-29-15-18-32-50(46)65-51/h1-37H. The first-order chi connectivity index (χ1) is 32.3. The average molecular weight is 830 g/mol. The van der Waals surface area contributed by atoms with Gasteiger partial charge in [-0.15, -0.1) is 0 Å². The molecule has 13 rings (SSSR count). The van der Waals surface area contributed by atoms with Crippen molar-refractivity contribution >= 4 is 80.3 Å². The van der Waals surface area contributed by atoms with E-state index < -0.39 is 0 Å². The Kier molecular flexibility index (Phi) is 8.62. The molecule has 0 spiro atoms. The molecule has 1 aromatic heterocycles. The van der Waals surface area contributed by atoms with E-state index in [1.165, 1.54) is 32.8 Å². The Morgan fingerprint density at radius 3 is 1.42 bits per heavy atom. The summed E-state index contributed by atoms with van der Waals surface area (Å²) in [5, 5.41) is 0. The third-order valence-corrected chi connectivity index (χ3v) is 13.0. The third kappa shape index (κ3) is 6.02. The molecular weight excluding hydrogens is 792 g/mol. The number of nitrogens with zero attached hydrogens (tertiary/aromatic N) is 5. The number of anilines is 6. The van der Waals surface area contributed by atoms with E-state index >= 15 is 0 Å². The zero-order valence-electron chi connectivity index (χ0n) is 35.2. The van der Waals surface area contributed by atoms with Crippen molar-refractivity contribution in [3.63, 3.8) is 0 Å². The Morgan fingerprint density at radius 1 is 0.338 bits per heavy atom. The zero-order valence-corrected chi connectivity index (χ0v) is 35.2. The highest BCUT2D eigenvalue weighted by molar-refractivity contribution is 7.03. The Labute approximate surface area is 378 Å². The summed E-state index contributed by atoms with van der Waals surface area (Å²) in [6, 6.07) is 79.3. The summed E-state index contributed by atoms with van der Waals surface area (Å²) in [5.74, 6) is 3.62. The van der Waals surface area contributed by atoms with Crippen LogP contribution in [0.5, 0.6) is 11.5 Å². The maximum absolute atomic E-state index is 7.10. The molecule has 10 aromatic rings. The van der Waals surface area contributed by atoms with Crippen molar-refractivity contribution in [3.8, 4) is 45.7 Å². The molecule has 0 bridgehead atoms. The minimum absolute atomic E-state index is 0.0327. The fourth-order valence-electron chi connectivity index (χ4n) is 10.2. The minimum atomic E-state index is -0.0921. The summed E-state index contributed by atoms with van der Waals surface area (Å²) >= 11 is 0. The van der Waals surface area contributed by atoms with Gasteiger partial charge in [-0.2, -0.15) is 0 Å². The van der Waals surface area contributed by atoms with E-state index in [2.05, 4.69) is 174 Å². The second-order valence-electron chi connectivity index (χ2n) is 16.7. The van der Waals surface area contributed by atoms with Gasteiger partial charge in [-0.3, -0.25) is 0 Å². The van der Waals surface area contributed by atoms with Gasteiger partial charge < -0.3 is 14.5 Å². The number of ether oxygens (including phenoxy) is 1. The van der Waals surface area contributed by atoms with Crippen LogP contribution in [-0.4, -0.2) is 28.4 Å². The predicted octanol–water partition coefficient (Wildman–Crippen LogP) is 9.58. The number of hydrogen-bond acceptors (Lipinski definition) is 6. The van der Waals surface area contributed by atoms with Crippen LogP contribution < -0.4 is 47.3 Å². The van der Waals surface area contributed by atoms with E-state index in [4.69, 9.17) is 19.7 Å². The van der Waals surface area contributed by atoms with Crippen molar-refractivity contribution < 1.29 is 4.74 Å². The lowest BCUT2D eigenvalue weighted by atomic mass is 9.30. The molecule has 6 nitrogen and oxygen atoms in total. The summed E-state index contributed by atoms with van der Waals surface area (Å²) in [7, 11) is 0. The lowest BCUT2D eigenvalue weighted by Gasteiger charge is -2.45. The molecule has 3 aliphatic rings. The maximum Gasteiger partial charge on any atom is 0.256 e. The SMILES string of the molecule is c1ccc(B2c3ccccc3N(c3ccc(-c4nc(-c5ccccc5)nc(-c5ccccc5)n4)cc3)c3cc4c5c(c32)N(c2ccccc2)c2ccccc2B5c2ccccc2O4)cc1. The Balaban J connectivity index is 1.06. The summed E-state index contributed by atoms with van der Waals surface area (Å²) < 4.78 is 7.10. The Morgan fingerprint density at radius 2 is 0.800 bits per heavy atom. The Bertz CT molecular complexity index is 3370. The van der Waals surface area contributed by atoms with Crippen molar-refractivity contribution in [2.75, 3.05) is 9.80 Å². The molecular formula is C57H37B2N5O. The van der Waals surface area contributed by atoms with Gasteiger partial charge in [0.15, 0.2) is 17.5 Å². The highest BCUT2D eigenvalue weighted by Crippen LogP contribution is 2.46. The molecule has 0 radical (unpaired) electrons. The number of benzene rings is 9. The zero-order chi connectivity index (χ0) is 42.8. The van der Waals surface area contributed by atoms with Crippen molar-refractivity contribution in [3.05, 3.63) is 224 Å². The molecule has 0 saturated heterocycles. The van der Waals surface area contributed by atoms with Gasteiger partial charge >= 0.3 is 0 Å². The summed E-state index contributed by atoms with van der Waals surface area (Å²) in [4.78, 5) is 20.0. The number of hydrogen-bond donors (Lipinski definition) is 0. The second-order valence-corrected chi connectivity index (χ2v) is 16.7. The van der Waals surface area contributed by atoms with E-state index in [0.29, 0.717) is 17.5 Å². The molecule has 0 N–H and O–H groups in total. The number of aromatic nitrogens is 3. The van der Waals surface area contributed by atoms with E-state index in [-0.39, 0.29) is 13.4 Å².